The van der Waals surface area contributed by atoms with E-state index < -0.39 is 17.6 Å². The first-order valence-corrected chi connectivity index (χ1v) is 7.84. The van der Waals surface area contributed by atoms with Gasteiger partial charge in [-0.25, -0.2) is 4.39 Å². The Morgan fingerprint density at radius 3 is 2.61 bits per heavy atom. The lowest BCUT2D eigenvalue weighted by Gasteiger charge is -2.11. The van der Waals surface area contributed by atoms with Crippen molar-refractivity contribution in [1.82, 2.24) is 5.32 Å². The van der Waals surface area contributed by atoms with Crippen LogP contribution in [-0.4, -0.2) is 18.4 Å². The lowest BCUT2D eigenvalue weighted by Crippen LogP contribution is -2.33. The zero-order chi connectivity index (χ0) is 17.0. The van der Waals surface area contributed by atoms with E-state index in [1.54, 1.807) is 12.1 Å². The Morgan fingerprint density at radius 2 is 1.91 bits per heavy atom. The number of carbonyl (C=O) groups is 2. The maximum Gasteiger partial charge on any atom is 0.256 e. The van der Waals surface area contributed by atoms with Gasteiger partial charge in [0, 0.05) is 10.2 Å². The number of hydrogen-bond acceptors (Lipinski definition) is 2. The number of benzene rings is 2. The van der Waals surface area contributed by atoms with E-state index in [-0.39, 0.29) is 17.1 Å². The van der Waals surface area contributed by atoms with Crippen molar-refractivity contribution in [3.05, 3.63) is 62.8 Å². The van der Waals surface area contributed by atoms with Crippen LogP contribution in [0.1, 0.15) is 15.9 Å². The molecule has 0 aliphatic rings. The molecule has 2 aromatic carbocycles. The summed E-state index contributed by atoms with van der Waals surface area (Å²) < 4.78 is 14.5. The fraction of sp³-hybridized carbons (Fsp3) is 0.125. The maximum absolute atomic E-state index is 13.6. The van der Waals surface area contributed by atoms with Crippen LogP contribution >= 0.6 is 27.5 Å². The highest BCUT2D eigenvalue weighted by Crippen LogP contribution is 2.23. The minimum atomic E-state index is -0.741. The first-order chi connectivity index (χ1) is 10.9. The summed E-state index contributed by atoms with van der Waals surface area (Å²) in [7, 11) is 0. The van der Waals surface area contributed by atoms with Crippen molar-refractivity contribution in [1.29, 1.82) is 0 Å². The van der Waals surface area contributed by atoms with E-state index in [9.17, 15) is 14.0 Å². The molecule has 120 valence electrons. The fourth-order valence-electron chi connectivity index (χ4n) is 1.90. The highest BCUT2D eigenvalue weighted by Gasteiger charge is 2.16. The molecule has 0 saturated heterocycles. The number of nitrogens with one attached hydrogen (secondary N) is 2. The zero-order valence-corrected chi connectivity index (χ0v) is 14.5. The van der Waals surface area contributed by atoms with Gasteiger partial charge in [0.1, 0.15) is 5.82 Å². The normalized spacial score (nSPS) is 10.3. The smallest absolute Gasteiger partial charge is 0.256 e. The maximum atomic E-state index is 13.6. The SMILES string of the molecule is Cc1c(Br)cccc1NC(=O)CNC(=O)c1c(F)cccc1Cl. The second-order valence-electron chi connectivity index (χ2n) is 4.74. The zero-order valence-electron chi connectivity index (χ0n) is 12.1. The van der Waals surface area contributed by atoms with Crippen LogP contribution in [0.2, 0.25) is 5.02 Å². The molecule has 0 heterocycles. The van der Waals surface area contributed by atoms with Gasteiger partial charge in [0.05, 0.1) is 17.1 Å². The molecule has 0 saturated carbocycles. The Morgan fingerprint density at radius 1 is 1.22 bits per heavy atom. The molecule has 0 aromatic heterocycles. The van der Waals surface area contributed by atoms with E-state index in [0.29, 0.717) is 5.69 Å². The summed E-state index contributed by atoms with van der Waals surface area (Å²) >= 11 is 9.17. The van der Waals surface area contributed by atoms with Gasteiger partial charge >= 0.3 is 0 Å². The van der Waals surface area contributed by atoms with Crippen molar-refractivity contribution < 1.29 is 14.0 Å². The molecule has 7 heteroatoms. The van der Waals surface area contributed by atoms with Gasteiger partial charge in [0.25, 0.3) is 5.91 Å². The fourth-order valence-corrected chi connectivity index (χ4v) is 2.52. The van der Waals surface area contributed by atoms with Gasteiger partial charge in [-0.15, -0.1) is 0 Å². The second kappa shape index (κ2) is 7.57. The molecule has 0 bridgehead atoms. The average Bonchev–Trinajstić information content (AvgIpc) is 2.49. The van der Waals surface area contributed by atoms with Crippen molar-refractivity contribution in [2.45, 2.75) is 6.92 Å². The topological polar surface area (TPSA) is 58.2 Å². The monoisotopic (exact) mass is 398 g/mol. The predicted octanol–water partition coefficient (Wildman–Crippen LogP) is 3.92. The van der Waals surface area contributed by atoms with Crippen molar-refractivity contribution in [2.75, 3.05) is 11.9 Å². The number of carbonyl (C=O) groups excluding carboxylic acids is 2. The average molecular weight is 400 g/mol. The largest absolute Gasteiger partial charge is 0.343 e. The summed E-state index contributed by atoms with van der Waals surface area (Å²) in [5.74, 6) is -1.90. The Balaban J connectivity index is 1.99. The molecule has 4 nitrogen and oxygen atoms in total. The van der Waals surface area contributed by atoms with Crippen LogP contribution in [0.3, 0.4) is 0 Å². The van der Waals surface area contributed by atoms with Crippen LogP contribution in [0.15, 0.2) is 40.9 Å². The van der Waals surface area contributed by atoms with Crippen LogP contribution < -0.4 is 10.6 Å². The number of hydrogen-bond donors (Lipinski definition) is 2. The first-order valence-electron chi connectivity index (χ1n) is 6.67. The van der Waals surface area contributed by atoms with Crippen LogP contribution in [0.4, 0.5) is 10.1 Å². The number of rotatable bonds is 4. The molecule has 2 N–H and O–H groups in total. The van der Waals surface area contributed by atoms with E-state index in [1.807, 2.05) is 13.0 Å². The Bertz CT molecular complexity index is 747. The molecular weight excluding hydrogens is 387 g/mol. The third kappa shape index (κ3) is 4.30. The summed E-state index contributed by atoms with van der Waals surface area (Å²) in [5.41, 5.74) is 1.22. The lowest BCUT2D eigenvalue weighted by atomic mass is 10.2. The van der Waals surface area contributed by atoms with Crippen LogP contribution in [0, 0.1) is 12.7 Å². The number of amides is 2. The molecular formula is C16H13BrClFN2O2. The number of halogens is 3. The standard InChI is InChI=1S/C16H13BrClFN2O2/c1-9-10(17)4-2-7-13(9)21-14(22)8-20-16(23)15-11(18)5-3-6-12(15)19/h2-7H,8H2,1H3,(H,20,23)(H,21,22). The second-order valence-corrected chi connectivity index (χ2v) is 6.00. The lowest BCUT2D eigenvalue weighted by molar-refractivity contribution is -0.115. The predicted molar refractivity (Wildman–Crippen MR) is 91.3 cm³/mol. The molecule has 0 atom stereocenters. The van der Waals surface area contributed by atoms with Crippen molar-refractivity contribution >= 4 is 45.0 Å². The highest BCUT2D eigenvalue weighted by molar-refractivity contribution is 9.10. The molecule has 2 amide bonds. The third-order valence-corrected chi connectivity index (χ3v) is 4.32. The van der Waals surface area contributed by atoms with Gasteiger partial charge in [-0.2, -0.15) is 0 Å². The first kappa shape index (κ1) is 17.4. The molecule has 0 spiro atoms. The summed E-state index contributed by atoms with van der Waals surface area (Å²) in [4.78, 5) is 23.9. The summed E-state index contributed by atoms with van der Waals surface area (Å²) in [6, 6.07) is 9.32. The van der Waals surface area contributed by atoms with Gasteiger partial charge in [-0.3, -0.25) is 9.59 Å². The molecule has 0 unspecified atom stereocenters. The molecule has 0 aliphatic carbocycles. The van der Waals surface area contributed by atoms with Gasteiger partial charge < -0.3 is 10.6 Å². The van der Waals surface area contributed by atoms with E-state index in [2.05, 4.69) is 26.6 Å². The molecule has 2 aromatic rings. The third-order valence-electron chi connectivity index (χ3n) is 3.14. The molecule has 0 radical (unpaired) electrons. The highest BCUT2D eigenvalue weighted by atomic mass is 79.9. The molecule has 2 rings (SSSR count). The minimum absolute atomic E-state index is 0.00857. The number of anilines is 1. The summed E-state index contributed by atoms with van der Waals surface area (Å²) in [6.45, 7) is 1.55. The minimum Gasteiger partial charge on any atom is -0.343 e. The molecule has 0 fully saturated rings. The van der Waals surface area contributed by atoms with Crippen LogP contribution in [0.25, 0.3) is 0 Å². The van der Waals surface area contributed by atoms with E-state index >= 15 is 0 Å². The summed E-state index contributed by atoms with van der Waals surface area (Å²) in [5, 5.41) is 5.02. The van der Waals surface area contributed by atoms with Crippen molar-refractivity contribution in [3.8, 4) is 0 Å². The molecule has 0 aliphatic heterocycles. The van der Waals surface area contributed by atoms with Gasteiger partial charge in [0.2, 0.25) is 5.91 Å². The van der Waals surface area contributed by atoms with Crippen molar-refractivity contribution in [2.24, 2.45) is 0 Å². The van der Waals surface area contributed by atoms with Gasteiger partial charge in [-0.05, 0) is 36.8 Å². The van der Waals surface area contributed by atoms with Crippen molar-refractivity contribution in [3.63, 3.8) is 0 Å². The van der Waals surface area contributed by atoms with E-state index in [1.165, 1.54) is 12.1 Å². The van der Waals surface area contributed by atoms with Crippen LogP contribution in [0.5, 0.6) is 0 Å². The Hall–Kier alpha value is -1.92. The quantitative estimate of drug-likeness (QED) is 0.819. The van der Waals surface area contributed by atoms with E-state index in [4.69, 9.17) is 11.6 Å². The Labute approximate surface area is 146 Å². The molecule has 23 heavy (non-hydrogen) atoms. The van der Waals surface area contributed by atoms with Gasteiger partial charge in [-0.1, -0.05) is 39.7 Å². The Kier molecular flexibility index (Phi) is 5.74. The van der Waals surface area contributed by atoms with Gasteiger partial charge in [0.15, 0.2) is 0 Å². The van der Waals surface area contributed by atoms with E-state index in [0.717, 1.165) is 16.1 Å². The summed E-state index contributed by atoms with van der Waals surface area (Å²) in [6.07, 6.45) is 0. The van der Waals surface area contributed by atoms with Crippen LogP contribution in [-0.2, 0) is 4.79 Å².